The van der Waals surface area contributed by atoms with Crippen LogP contribution in [0.3, 0.4) is 0 Å². The Morgan fingerprint density at radius 1 is 1.16 bits per heavy atom. The van der Waals surface area contributed by atoms with Crippen molar-refractivity contribution in [1.82, 2.24) is 9.78 Å². The molecule has 0 radical (unpaired) electrons. The molecule has 2 N–H and O–H groups in total. The number of rotatable bonds is 5. The van der Waals surface area contributed by atoms with E-state index in [1.165, 1.54) is 31.3 Å². The number of aromatic nitrogens is 2. The summed E-state index contributed by atoms with van der Waals surface area (Å²) in [7, 11) is 1.38. The number of anilines is 2. The van der Waals surface area contributed by atoms with E-state index in [-0.39, 0.29) is 39.7 Å². The van der Waals surface area contributed by atoms with E-state index in [0.29, 0.717) is 10.6 Å². The van der Waals surface area contributed by atoms with Crippen LogP contribution in [0.4, 0.5) is 25.1 Å². The lowest BCUT2D eigenvalue weighted by atomic mass is 10.1. The van der Waals surface area contributed by atoms with Gasteiger partial charge in [-0.05, 0) is 24.3 Å². The first-order valence-electron chi connectivity index (χ1n) is 10.5. The third-order valence-corrected chi connectivity index (χ3v) is 5.63. The maximum Gasteiger partial charge on any atom is 0.586 e. The molecular weight excluding hydrogens is 518 g/mol. The van der Waals surface area contributed by atoms with E-state index >= 15 is 0 Å². The number of nitrogens with one attached hydrogen (secondary N) is 1. The third-order valence-electron chi connectivity index (χ3n) is 5.39. The first-order valence-corrected chi connectivity index (χ1v) is 10.9. The summed E-state index contributed by atoms with van der Waals surface area (Å²) < 4.78 is 41.9. The number of carbonyl (C=O) groups is 2. The number of halogens is 3. The summed E-state index contributed by atoms with van der Waals surface area (Å²) in [6, 6.07) is 11.4. The minimum absolute atomic E-state index is 0.00947. The van der Waals surface area contributed by atoms with Crippen LogP contribution in [0.15, 0.2) is 57.7 Å². The summed E-state index contributed by atoms with van der Waals surface area (Å²) in [6.07, 6.45) is -5.22. The van der Waals surface area contributed by atoms with Gasteiger partial charge in [0.05, 0.1) is 5.39 Å². The van der Waals surface area contributed by atoms with Crippen LogP contribution >= 0.6 is 11.6 Å². The highest BCUT2D eigenvalue weighted by atomic mass is 35.5. The van der Waals surface area contributed by atoms with Crippen LogP contribution in [-0.2, 0) is 11.3 Å². The summed E-state index contributed by atoms with van der Waals surface area (Å²) >= 11 is 6.10. The number of benzene rings is 2. The van der Waals surface area contributed by atoms with Crippen molar-refractivity contribution in [3.63, 3.8) is 0 Å². The zero-order valence-corrected chi connectivity index (χ0v) is 19.5. The predicted molar refractivity (Wildman–Crippen MR) is 126 cm³/mol. The Morgan fingerprint density at radius 3 is 2.65 bits per heavy atom. The Bertz CT molecular complexity index is 1640. The van der Waals surface area contributed by atoms with Gasteiger partial charge in [0.1, 0.15) is 12.2 Å². The van der Waals surface area contributed by atoms with Crippen molar-refractivity contribution in [3.05, 3.63) is 63.9 Å². The highest BCUT2D eigenvalue weighted by molar-refractivity contribution is 6.30. The third kappa shape index (κ3) is 4.63. The number of ether oxygens (including phenoxy) is 2. The van der Waals surface area contributed by atoms with Gasteiger partial charge < -0.3 is 23.9 Å². The van der Waals surface area contributed by atoms with E-state index in [1.807, 2.05) is 5.32 Å². The van der Waals surface area contributed by atoms with Crippen LogP contribution in [0.2, 0.25) is 5.02 Å². The lowest BCUT2D eigenvalue weighted by molar-refractivity contribution is -0.286. The number of hydrogen-bond acceptors (Lipinski definition) is 7. The molecule has 0 fully saturated rings. The first kappa shape index (κ1) is 24.1. The van der Waals surface area contributed by atoms with Gasteiger partial charge in [-0.15, -0.1) is 8.78 Å². The van der Waals surface area contributed by atoms with E-state index in [0.717, 1.165) is 9.58 Å². The number of likely N-dealkylation sites (N-methyl/N-ethyl adjacent to an activating group) is 1. The second-order valence-corrected chi connectivity index (χ2v) is 8.29. The van der Waals surface area contributed by atoms with Crippen molar-refractivity contribution in [2.75, 3.05) is 17.3 Å². The van der Waals surface area contributed by atoms with Crippen LogP contribution in [0.5, 0.6) is 11.5 Å². The summed E-state index contributed by atoms with van der Waals surface area (Å²) in [5.41, 5.74) is 0.0431. The van der Waals surface area contributed by atoms with Gasteiger partial charge in [-0.3, -0.25) is 14.9 Å². The molecule has 0 bridgehead atoms. The van der Waals surface area contributed by atoms with Crippen LogP contribution in [0, 0.1) is 0 Å². The maximum absolute atomic E-state index is 13.3. The number of furan rings is 1. The lowest BCUT2D eigenvalue weighted by Crippen LogP contribution is -2.35. The van der Waals surface area contributed by atoms with E-state index in [4.69, 9.17) is 21.1 Å². The second-order valence-electron chi connectivity index (χ2n) is 7.86. The molecule has 4 aromatic rings. The number of fused-ring (bicyclic) bond motifs is 2. The van der Waals surface area contributed by atoms with Crippen molar-refractivity contribution in [3.8, 4) is 22.8 Å². The SMILES string of the molecule is CN(C(=O)Cn1nc(-c2cccc(Cl)c2)c2oc(NC(=O)O)cc2c1=O)c1ccc2c(c1)OC(F)(F)O2. The molecular formula is C23H15ClF2N4O7. The maximum atomic E-state index is 13.3. The summed E-state index contributed by atoms with van der Waals surface area (Å²) in [4.78, 5) is 38.4. The molecule has 37 heavy (non-hydrogen) atoms. The first-order chi connectivity index (χ1) is 17.5. The fraction of sp³-hybridized carbons (Fsp3) is 0.130. The lowest BCUT2D eigenvalue weighted by Gasteiger charge is -2.18. The van der Waals surface area contributed by atoms with E-state index in [9.17, 15) is 23.2 Å². The number of carbonyl (C=O) groups excluding carboxylic acids is 1. The van der Waals surface area contributed by atoms with Crippen molar-refractivity contribution >= 4 is 46.1 Å². The quantitative estimate of drug-likeness (QED) is 0.386. The van der Waals surface area contributed by atoms with E-state index in [2.05, 4.69) is 14.6 Å². The number of hydrogen-bond donors (Lipinski definition) is 2. The molecule has 11 nitrogen and oxygen atoms in total. The van der Waals surface area contributed by atoms with Crippen LogP contribution in [0.25, 0.3) is 22.2 Å². The molecule has 190 valence electrons. The number of amides is 2. The van der Waals surface area contributed by atoms with Crippen molar-refractivity contribution < 1.29 is 37.4 Å². The molecule has 0 saturated carbocycles. The molecule has 0 saturated heterocycles. The fourth-order valence-corrected chi connectivity index (χ4v) is 3.89. The summed E-state index contributed by atoms with van der Waals surface area (Å²) in [6.45, 7) is -0.545. The molecule has 0 atom stereocenters. The Labute approximate surface area is 210 Å². The van der Waals surface area contributed by atoms with Crippen molar-refractivity contribution in [1.29, 1.82) is 0 Å². The van der Waals surface area contributed by atoms with Gasteiger partial charge in [0.2, 0.25) is 11.8 Å². The highest BCUT2D eigenvalue weighted by Crippen LogP contribution is 2.42. The number of alkyl halides is 2. The molecule has 14 heteroatoms. The Balaban J connectivity index is 1.52. The van der Waals surface area contributed by atoms with Gasteiger partial charge in [0.25, 0.3) is 5.56 Å². The monoisotopic (exact) mass is 532 g/mol. The molecule has 3 heterocycles. The van der Waals surface area contributed by atoms with Gasteiger partial charge >= 0.3 is 12.4 Å². The van der Waals surface area contributed by atoms with Gasteiger partial charge in [-0.1, -0.05) is 23.7 Å². The fourth-order valence-electron chi connectivity index (χ4n) is 3.70. The highest BCUT2D eigenvalue weighted by Gasteiger charge is 2.43. The largest absolute Gasteiger partial charge is 0.586 e. The average Bonchev–Trinajstić information content (AvgIpc) is 3.38. The standard InChI is InChI=1S/C23H15ClF2N4O7/c1-29(13-5-6-15-16(8-13)37-23(25,26)36-15)18(31)10-30-21(32)14-9-17(27-22(33)34)35-20(14)19(28-30)11-3-2-4-12(24)7-11/h2-9,27H,10H2,1H3,(H,33,34). The second kappa shape index (κ2) is 8.78. The van der Waals surface area contributed by atoms with Crippen molar-refractivity contribution in [2.24, 2.45) is 0 Å². The Morgan fingerprint density at radius 2 is 1.92 bits per heavy atom. The molecule has 1 aliphatic rings. The molecule has 5 rings (SSSR count). The van der Waals surface area contributed by atoms with E-state index in [1.54, 1.807) is 24.3 Å². The van der Waals surface area contributed by atoms with E-state index < -0.39 is 30.4 Å². The predicted octanol–water partition coefficient (Wildman–Crippen LogP) is 4.38. The smallest absolute Gasteiger partial charge is 0.465 e. The zero-order chi connectivity index (χ0) is 26.5. The molecule has 2 aromatic heterocycles. The normalized spacial score (nSPS) is 13.5. The van der Waals surface area contributed by atoms with Gasteiger partial charge in [0.15, 0.2) is 17.1 Å². The summed E-state index contributed by atoms with van der Waals surface area (Å²) in [5, 5.41) is 15.7. The topological polar surface area (TPSA) is 136 Å². The van der Waals surface area contributed by atoms with Gasteiger partial charge in [0, 0.05) is 35.5 Å². The van der Waals surface area contributed by atoms with Gasteiger partial charge in [-0.2, -0.15) is 5.10 Å². The zero-order valence-electron chi connectivity index (χ0n) is 18.7. The van der Waals surface area contributed by atoms with Crippen molar-refractivity contribution in [2.45, 2.75) is 12.8 Å². The minimum Gasteiger partial charge on any atom is -0.465 e. The Kier molecular flexibility index (Phi) is 5.71. The Hall–Kier alpha value is -4.65. The molecule has 2 amide bonds. The molecule has 0 unspecified atom stereocenters. The summed E-state index contributed by atoms with van der Waals surface area (Å²) in [5.74, 6) is -1.28. The number of nitrogens with zero attached hydrogens (tertiary/aromatic N) is 3. The van der Waals surface area contributed by atoms with Crippen LogP contribution < -0.4 is 25.2 Å². The van der Waals surface area contributed by atoms with Crippen LogP contribution in [0.1, 0.15) is 0 Å². The molecule has 1 aliphatic heterocycles. The average molecular weight is 533 g/mol. The molecule has 0 aliphatic carbocycles. The molecule has 0 spiro atoms. The van der Waals surface area contributed by atoms with Crippen LogP contribution in [-0.4, -0.2) is 40.2 Å². The minimum atomic E-state index is -3.81. The number of carboxylic acid groups (broad SMARTS) is 1. The molecule has 2 aromatic carbocycles. The van der Waals surface area contributed by atoms with Gasteiger partial charge in [-0.25, -0.2) is 9.48 Å².